The van der Waals surface area contributed by atoms with Gasteiger partial charge in [0.05, 0.1) is 5.56 Å². The molecule has 4 rings (SSSR count). The van der Waals surface area contributed by atoms with E-state index in [1.165, 1.54) is 0 Å². The monoisotopic (exact) mass is 652 g/mol. The Morgan fingerprint density at radius 3 is 1.36 bits per heavy atom. The molecule has 4 aromatic rings. The summed E-state index contributed by atoms with van der Waals surface area (Å²) in [7, 11) is 0. The summed E-state index contributed by atoms with van der Waals surface area (Å²) in [5, 5.41) is 77.4. The first-order chi connectivity index (χ1) is 22.2. The SMILES string of the molecule is CC(C)(c1ccc(OCC(O)COC(=O)c2cc(O)c(O)c(O)c2)cc1)c1ccc(OCC(O)COc2cc(O)c(O)c(O)c2)cc1. The molecule has 0 aromatic heterocycles. The van der Waals surface area contributed by atoms with Crippen molar-refractivity contribution in [2.75, 3.05) is 26.4 Å². The lowest BCUT2D eigenvalue weighted by atomic mass is 9.78. The molecular weight excluding hydrogens is 616 g/mol. The first-order valence-corrected chi connectivity index (χ1v) is 14.4. The Bertz CT molecular complexity index is 1620. The van der Waals surface area contributed by atoms with Crippen molar-refractivity contribution < 1.29 is 64.6 Å². The molecule has 0 saturated heterocycles. The van der Waals surface area contributed by atoms with Crippen molar-refractivity contribution >= 4 is 5.97 Å². The van der Waals surface area contributed by atoms with Crippen LogP contribution in [-0.4, -0.2) is 85.5 Å². The molecule has 2 unspecified atom stereocenters. The Labute approximate surface area is 269 Å². The number of aliphatic hydroxyl groups is 2. The second kappa shape index (κ2) is 14.7. The first-order valence-electron chi connectivity index (χ1n) is 14.4. The minimum absolute atomic E-state index is 0.0670. The Hall–Kier alpha value is -5.53. The van der Waals surface area contributed by atoms with Crippen molar-refractivity contribution in [3.63, 3.8) is 0 Å². The van der Waals surface area contributed by atoms with Gasteiger partial charge in [-0.15, -0.1) is 0 Å². The number of phenolic OH excluding ortho intramolecular Hbond substituents is 6. The van der Waals surface area contributed by atoms with Crippen LogP contribution in [0, 0.1) is 0 Å². The fraction of sp³-hybridized carbons (Fsp3) is 0.265. The summed E-state index contributed by atoms with van der Waals surface area (Å²) in [6, 6.07) is 18.7. The van der Waals surface area contributed by atoms with E-state index in [9.17, 15) is 45.6 Å². The van der Waals surface area contributed by atoms with Gasteiger partial charge >= 0.3 is 5.97 Å². The average molecular weight is 653 g/mol. The van der Waals surface area contributed by atoms with Crippen molar-refractivity contribution in [3.8, 4) is 51.7 Å². The summed E-state index contributed by atoms with van der Waals surface area (Å²) >= 11 is 0. The highest BCUT2D eigenvalue weighted by atomic mass is 16.5. The molecule has 250 valence electrons. The second-order valence-corrected chi connectivity index (χ2v) is 11.2. The zero-order chi connectivity index (χ0) is 34.3. The zero-order valence-electron chi connectivity index (χ0n) is 25.5. The van der Waals surface area contributed by atoms with E-state index >= 15 is 0 Å². The number of rotatable bonds is 14. The maximum absolute atomic E-state index is 12.1. The lowest BCUT2D eigenvalue weighted by Gasteiger charge is -2.26. The molecule has 0 bridgehead atoms. The lowest BCUT2D eigenvalue weighted by Crippen LogP contribution is -2.25. The van der Waals surface area contributed by atoms with Gasteiger partial charge in [-0.2, -0.15) is 0 Å². The van der Waals surface area contributed by atoms with Gasteiger partial charge in [-0.1, -0.05) is 38.1 Å². The summed E-state index contributed by atoms with van der Waals surface area (Å²) in [6.07, 6.45) is -2.18. The van der Waals surface area contributed by atoms with Gasteiger partial charge in [0.1, 0.15) is 55.9 Å². The van der Waals surface area contributed by atoms with Crippen molar-refractivity contribution in [2.24, 2.45) is 0 Å². The quantitative estimate of drug-likeness (QED) is 0.0722. The molecule has 2 atom stereocenters. The van der Waals surface area contributed by atoms with Crippen LogP contribution in [0.1, 0.15) is 35.3 Å². The van der Waals surface area contributed by atoms with E-state index in [0.717, 1.165) is 35.4 Å². The molecule has 0 aliphatic carbocycles. The van der Waals surface area contributed by atoms with E-state index in [-0.39, 0.29) is 31.1 Å². The Kier molecular flexibility index (Phi) is 10.7. The van der Waals surface area contributed by atoms with E-state index in [2.05, 4.69) is 0 Å². The van der Waals surface area contributed by atoms with Crippen molar-refractivity contribution in [1.29, 1.82) is 0 Å². The molecule has 0 aliphatic heterocycles. The van der Waals surface area contributed by atoms with Crippen LogP contribution in [0.25, 0.3) is 0 Å². The number of carbonyl (C=O) groups excluding carboxylic acids is 1. The van der Waals surface area contributed by atoms with Gasteiger partial charge < -0.3 is 59.8 Å². The number of hydrogen-bond acceptors (Lipinski definition) is 13. The Balaban J connectivity index is 1.23. The smallest absolute Gasteiger partial charge is 0.338 e. The molecular formula is C34H36O13. The van der Waals surface area contributed by atoms with Crippen molar-refractivity contribution in [2.45, 2.75) is 31.5 Å². The highest BCUT2D eigenvalue weighted by Gasteiger charge is 2.23. The van der Waals surface area contributed by atoms with Crippen LogP contribution in [0.3, 0.4) is 0 Å². The minimum Gasteiger partial charge on any atom is -0.504 e. The largest absolute Gasteiger partial charge is 0.504 e. The van der Waals surface area contributed by atoms with Crippen LogP contribution in [-0.2, 0) is 10.2 Å². The number of ether oxygens (including phenoxy) is 4. The third-order valence-electron chi connectivity index (χ3n) is 7.23. The maximum Gasteiger partial charge on any atom is 0.338 e. The van der Waals surface area contributed by atoms with Gasteiger partial charge in [0.15, 0.2) is 28.7 Å². The summed E-state index contributed by atoms with van der Waals surface area (Å²) in [5.41, 5.74) is 1.36. The maximum atomic E-state index is 12.1. The highest BCUT2D eigenvalue weighted by Crippen LogP contribution is 2.38. The van der Waals surface area contributed by atoms with Gasteiger partial charge in [-0.25, -0.2) is 4.79 Å². The highest BCUT2D eigenvalue weighted by molar-refractivity contribution is 5.91. The molecule has 47 heavy (non-hydrogen) atoms. The van der Waals surface area contributed by atoms with Crippen LogP contribution in [0.2, 0.25) is 0 Å². The number of benzene rings is 4. The number of carbonyl (C=O) groups is 1. The van der Waals surface area contributed by atoms with Crippen LogP contribution in [0.15, 0.2) is 72.8 Å². The number of hydrogen-bond donors (Lipinski definition) is 8. The van der Waals surface area contributed by atoms with E-state index in [4.69, 9.17) is 18.9 Å². The fourth-order valence-electron chi connectivity index (χ4n) is 4.42. The van der Waals surface area contributed by atoms with E-state index in [1.807, 2.05) is 38.1 Å². The number of aromatic hydroxyl groups is 6. The molecule has 0 spiro atoms. The molecule has 0 saturated carbocycles. The Morgan fingerprint density at radius 1 is 0.574 bits per heavy atom. The molecule has 0 heterocycles. The van der Waals surface area contributed by atoms with Gasteiger partial charge in [-0.05, 0) is 47.5 Å². The van der Waals surface area contributed by atoms with Gasteiger partial charge in [0.2, 0.25) is 5.75 Å². The molecule has 0 radical (unpaired) electrons. The van der Waals surface area contributed by atoms with E-state index < -0.39 is 64.7 Å². The Morgan fingerprint density at radius 2 is 0.936 bits per heavy atom. The summed E-state index contributed by atoms with van der Waals surface area (Å²) in [4.78, 5) is 12.1. The predicted octanol–water partition coefficient (Wildman–Crippen LogP) is 3.66. The summed E-state index contributed by atoms with van der Waals surface area (Å²) < 4.78 is 21.6. The molecule has 13 nitrogen and oxygen atoms in total. The van der Waals surface area contributed by atoms with Crippen molar-refractivity contribution in [1.82, 2.24) is 0 Å². The number of phenols is 6. The topological polar surface area (TPSA) is 216 Å². The number of aliphatic hydroxyl groups excluding tert-OH is 2. The molecule has 13 heteroatoms. The van der Waals surface area contributed by atoms with E-state index in [0.29, 0.717) is 11.5 Å². The first kappa shape index (κ1) is 34.3. The molecule has 0 aliphatic rings. The molecule has 8 N–H and O–H groups in total. The van der Waals surface area contributed by atoms with Crippen LogP contribution >= 0.6 is 0 Å². The van der Waals surface area contributed by atoms with Gasteiger partial charge in [0.25, 0.3) is 0 Å². The average Bonchev–Trinajstić information content (AvgIpc) is 3.05. The number of esters is 1. The zero-order valence-corrected chi connectivity index (χ0v) is 25.5. The molecule has 4 aromatic carbocycles. The van der Waals surface area contributed by atoms with Gasteiger partial charge in [0, 0.05) is 17.5 Å². The molecule has 0 amide bonds. The van der Waals surface area contributed by atoms with Crippen molar-refractivity contribution in [3.05, 3.63) is 89.5 Å². The summed E-state index contributed by atoms with van der Waals surface area (Å²) in [6.45, 7) is 3.25. The fourth-order valence-corrected chi connectivity index (χ4v) is 4.42. The normalized spacial score (nSPS) is 12.6. The third-order valence-corrected chi connectivity index (χ3v) is 7.23. The lowest BCUT2D eigenvalue weighted by molar-refractivity contribution is 0.0129. The van der Waals surface area contributed by atoms with Crippen LogP contribution in [0.5, 0.6) is 51.7 Å². The third kappa shape index (κ3) is 8.81. The standard InChI is InChI=1S/C34H36O13/c1-34(2,20-3-7-24(8-4-20)44-15-22(35)17-46-26-13-29(39)32(42)30(40)14-26)21-5-9-25(10-6-21)45-16-23(36)18-47-33(43)19-11-27(37)31(41)28(38)12-19/h3-14,22-23,35-42H,15-18H2,1-2H3. The predicted molar refractivity (Wildman–Crippen MR) is 167 cm³/mol. The van der Waals surface area contributed by atoms with E-state index in [1.54, 1.807) is 24.3 Å². The minimum atomic E-state index is -1.16. The van der Waals surface area contributed by atoms with Crippen LogP contribution < -0.4 is 14.2 Å². The second-order valence-electron chi connectivity index (χ2n) is 11.2. The molecule has 0 fully saturated rings. The van der Waals surface area contributed by atoms with Gasteiger partial charge in [-0.3, -0.25) is 0 Å². The summed E-state index contributed by atoms with van der Waals surface area (Å²) in [5.74, 6) is -3.74. The van der Waals surface area contributed by atoms with Crippen LogP contribution in [0.4, 0.5) is 0 Å².